The van der Waals surface area contributed by atoms with Gasteiger partial charge in [0.2, 0.25) is 0 Å². The van der Waals surface area contributed by atoms with E-state index in [4.69, 9.17) is 11.6 Å². The maximum absolute atomic E-state index is 5.75. The molecule has 0 fully saturated rings. The lowest BCUT2D eigenvalue weighted by atomic mass is 10.3. The van der Waals surface area contributed by atoms with Crippen LogP contribution in [0.15, 0.2) is 18.2 Å². The number of rotatable bonds is 0. The number of fused-ring (bicyclic) bond motifs is 1. The second-order valence-corrected chi connectivity index (χ2v) is 3.71. The summed E-state index contributed by atoms with van der Waals surface area (Å²) in [7, 11) is 0. The van der Waals surface area contributed by atoms with Crippen molar-refractivity contribution < 1.29 is 0 Å². The van der Waals surface area contributed by atoms with Crippen molar-refractivity contribution in [2.45, 2.75) is 6.92 Å². The number of halogens is 2. The van der Waals surface area contributed by atoms with Gasteiger partial charge in [-0.3, -0.25) is 3.59 Å². The van der Waals surface area contributed by atoms with Gasteiger partial charge in [0, 0.05) is 11.1 Å². The van der Waals surface area contributed by atoms with Crippen LogP contribution in [0.5, 0.6) is 0 Å². The van der Waals surface area contributed by atoms with Crippen LogP contribution < -0.4 is 0 Å². The molecule has 0 unspecified atom stereocenters. The molecule has 0 aliphatic heterocycles. The van der Waals surface area contributed by atoms with Gasteiger partial charge in [-0.25, -0.2) is 4.98 Å². The fourth-order valence-corrected chi connectivity index (χ4v) is 1.68. The molecule has 4 heteroatoms. The molecule has 0 spiro atoms. The highest BCUT2D eigenvalue weighted by Gasteiger charge is 2.04. The van der Waals surface area contributed by atoms with Gasteiger partial charge >= 0.3 is 0 Å². The lowest BCUT2D eigenvalue weighted by Crippen LogP contribution is -1.84. The summed E-state index contributed by atoms with van der Waals surface area (Å²) >= 11 is 9.14. The predicted octanol–water partition coefficient (Wildman–Crippen LogP) is 3.16. The average molecular weight is 246 g/mol. The smallest absolute Gasteiger partial charge is 0.151 e. The number of aromatic nitrogens is 2. The van der Waals surface area contributed by atoms with Gasteiger partial charge in [-0.2, -0.15) is 0 Å². The van der Waals surface area contributed by atoms with Crippen LogP contribution in [0.1, 0.15) is 5.69 Å². The fourth-order valence-electron chi connectivity index (χ4n) is 1.15. The number of hydrogen-bond acceptors (Lipinski definition) is 1. The van der Waals surface area contributed by atoms with Gasteiger partial charge < -0.3 is 0 Å². The largest absolute Gasteiger partial charge is 0.264 e. The Bertz CT molecular complexity index is 436. The first-order valence-electron chi connectivity index (χ1n) is 3.49. The van der Waals surface area contributed by atoms with E-state index in [0.29, 0.717) is 5.15 Å². The van der Waals surface area contributed by atoms with Crippen LogP contribution in [-0.2, 0) is 0 Å². The summed E-state index contributed by atoms with van der Waals surface area (Å²) in [5, 5.41) is 1.61. The summed E-state index contributed by atoms with van der Waals surface area (Å²) in [6.45, 7) is 2.00. The molecule has 0 aromatic carbocycles. The van der Waals surface area contributed by atoms with Crippen molar-refractivity contribution >= 4 is 38.8 Å². The molecule has 2 heterocycles. The Morgan fingerprint density at radius 3 is 3.00 bits per heavy atom. The van der Waals surface area contributed by atoms with E-state index in [-0.39, 0.29) is 0 Å². The zero-order valence-electron chi connectivity index (χ0n) is 6.38. The average Bonchev–Trinajstić information content (AvgIpc) is 2.31. The van der Waals surface area contributed by atoms with E-state index in [1.54, 1.807) is 6.07 Å². The van der Waals surface area contributed by atoms with Crippen LogP contribution in [0.25, 0.3) is 11.0 Å². The minimum absolute atomic E-state index is 0.515. The molecule has 0 radical (unpaired) electrons. The first kappa shape index (κ1) is 8.08. The molecule has 0 aliphatic carbocycles. The molecule has 0 N–H and O–H groups in total. The van der Waals surface area contributed by atoms with Crippen LogP contribution in [0.3, 0.4) is 0 Å². The van der Waals surface area contributed by atoms with E-state index in [0.717, 1.165) is 16.7 Å². The van der Waals surface area contributed by atoms with Crippen molar-refractivity contribution in [3.05, 3.63) is 29.0 Å². The monoisotopic (exact) mass is 244 g/mol. The summed E-state index contributed by atoms with van der Waals surface area (Å²) in [5.74, 6) is 0. The van der Waals surface area contributed by atoms with Crippen LogP contribution in [-0.4, -0.2) is 8.58 Å². The van der Waals surface area contributed by atoms with Gasteiger partial charge in [-0.05, 0) is 25.1 Å². The Morgan fingerprint density at radius 1 is 1.50 bits per heavy atom. The van der Waals surface area contributed by atoms with Gasteiger partial charge in [0.25, 0.3) is 0 Å². The zero-order chi connectivity index (χ0) is 8.72. The Morgan fingerprint density at radius 2 is 2.25 bits per heavy atom. The van der Waals surface area contributed by atoms with Crippen molar-refractivity contribution in [3.63, 3.8) is 0 Å². The second kappa shape index (κ2) is 2.75. The molecule has 62 valence electrons. The molecular formula is C8H6BrClN2. The fraction of sp³-hybridized carbons (Fsp3) is 0.125. The molecule has 2 rings (SSSR count). The Hall–Kier alpha value is -0.540. The Labute approximate surface area is 83.5 Å². The van der Waals surface area contributed by atoms with E-state index < -0.39 is 0 Å². The predicted molar refractivity (Wildman–Crippen MR) is 53.8 cm³/mol. The number of hydrogen-bond donors (Lipinski definition) is 0. The van der Waals surface area contributed by atoms with Crippen molar-refractivity contribution in [3.8, 4) is 0 Å². The number of nitrogens with zero attached hydrogens (tertiary/aromatic N) is 2. The molecule has 0 bridgehead atoms. The SMILES string of the molecule is Cc1cc2ccc(Cl)nc2n1Br. The summed E-state index contributed by atoms with van der Waals surface area (Å²) in [4.78, 5) is 4.18. The quantitative estimate of drug-likeness (QED) is 0.652. The molecule has 0 amide bonds. The third-order valence-corrected chi connectivity index (χ3v) is 2.84. The highest BCUT2D eigenvalue weighted by Crippen LogP contribution is 2.21. The minimum Gasteiger partial charge on any atom is -0.264 e. The van der Waals surface area contributed by atoms with Gasteiger partial charge in [-0.1, -0.05) is 11.6 Å². The molecule has 2 aromatic rings. The van der Waals surface area contributed by atoms with Gasteiger partial charge in [-0.15, -0.1) is 0 Å². The molecule has 12 heavy (non-hydrogen) atoms. The molecular weight excluding hydrogens is 239 g/mol. The Balaban J connectivity index is 2.88. The van der Waals surface area contributed by atoms with Gasteiger partial charge in [0.15, 0.2) is 5.65 Å². The maximum Gasteiger partial charge on any atom is 0.151 e. The minimum atomic E-state index is 0.515. The lowest BCUT2D eigenvalue weighted by Gasteiger charge is -1.94. The highest BCUT2D eigenvalue weighted by atomic mass is 79.9. The number of pyridine rings is 1. The molecule has 0 saturated heterocycles. The molecule has 2 nitrogen and oxygen atoms in total. The van der Waals surface area contributed by atoms with Crippen molar-refractivity contribution in [2.75, 3.05) is 0 Å². The van der Waals surface area contributed by atoms with Crippen LogP contribution in [0, 0.1) is 6.92 Å². The summed E-state index contributed by atoms with van der Waals surface area (Å²) in [5.41, 5.74) is 1.97. The third-order valence-electron chi connectivity index (χ3n) is 1.73. The zero-order valence-corrected chi connectivity index (χ0v) is 8.72. The van der Waals surface area contributed by atoms with Crippen LogP contribution in [0.4, 0.5) is 0 Å². The summed E-state index contributed by atoms with van der Waals surface area (Å²) < 4.78 is 1.84. The van der Waals surface area contributed by atoms with Gasteiger partial charge in [0.05, 0.1) is 16.1 Å². The molecule has 2 aromatic heterocycles. The normalized spacial score (nSPS) is 10.9. The first-order valence-corrected chi connectivity index (χ1v) is 4.58. The van der Waals surface area contributed by atoms with Gasteiger partial charge in [0.1, 0.15) is 5.15 Å². The van der Waals surface area contributed by atoms with E-state index in [1.807, 2.05) is 22.6 Å². The van der Waals surface area contributed by atoms with E-state index in [9.17, 15) is 0 Å². The van der Waals surface area contributed by atoms with E-state index >= 15 is 0 Å². The standard InChI is InChI=1S/C8H6BrClN2/c1-5-4-6-2-3-7(10)11-8(6)12(5)9/h2-4H,1H3. The van der Waals surface area contributed by atoms with Crippen LogP contribution >= 0.6 is 27.7 Å². The molecule has 0 aliphatic rings. The molecule has 0 atom stereocenters. The van der Waals surface area contributed by atoms with Crippen molar-refractivity contribution in [1.29, 1.82) is 0 Å². The third kappa shape index (κ3) is 1.13. The van der Waals surface area contributed by atoms with E-state index in [1.165, 1.54) is 0 Å². The van der Waals surface area contributed by atoms with Crippen molar-refractivity contribution in [1.82, 2.24) is 8.58 Å². The van der Waals surface area contributed by atoms with E-state index in [2.05, 4.69) is 21.1 Å². The summed E-state index contributed by atoms with van der Waals surface area (Å²) in [6.07, 6.45) is 0. The lowest BCUT2D eigenvalue weighted by molar-refractivity contribution is 1.20. The second-order valence-electron chi connectivity index (χ2n) is 2.61. The Kier molecular flexibility index (Phi) is 1.85. The number of aryl methyl sites for hydroxylation is 1. The van der Waals surface area contributed by atoms with Crippen molar-refractivity contribution in [2.24, 2.45) is 0 Å². The highest BCUT2D eigenvalue weighted by molar-refractivity contribution is 9.08. The first-order chi connectivity index (χ1) is 5.68. The maximum atomic E-state index is 5.75. The topological polar surface area (TPSA) is 17.8 Å². The summed E-state index contributed by atoms with van der Waals surface area (Å²) in [6, 6.07) is 5.79. The van der Waals surface area contributed by atoms with Crippen LogP contribution in [0.2, 0.25) is 5.15 Å². The molecule has 0 saturated carbocycles.